The zero-order chi connectivity index (χ0) is 13.1. The fraction of sp³-hybridized carbons (Fsp3) is 1.00. The molecule has 0 aromatic carbocycles. The van der Waals surface area contributed by atoms with Crippen LogP contribution in [0.2, 0.25) is 0 Å². The summed E-state index contributed by atoms with van der Waals surface area (Å²) in [5, 5.41) is -0.302. The highest BCUT2D eigenvalue weighted by Crippen LogP contribution is 2.21. The number of piperidine rings is 1. The van der Waals surface area contributed by atoms with Crippen molar-refractivity contribution < 1.29 is 8.42 Å². The quantitative estimate of drug-likeness (QED) is 0.719. The largest absolute Gasteiger partial charge is 0.304 e. The van der Waals surface area contributed by atoms with Gasteiger partial charge in [-0.15, -0.1) is 11.6 Å². The van der Waals surface area contributed by atoms with E-state index in [1.54, 1.807) is 0 Å². The maximum atomic E-state index is 11.6. The van der Waals surface area contributed by atoms with Gasteiger partial charge < -0.3 is 4.90 Å². The second kappa shape index (κ2) is 6.36. The Hall–Kier alpha value is 0.160. The van der Waals surface area contributed by atoms with Gasteiger partial charge in [-0.1, -0.05) is 0 Å². The number of rotatable bonds is 5. The summed E-state index contributed by atoms with van der Waals surface area (Å²) in [6, 6.07) is 0.541. The molecule has 0 radical (unpaired) electrons. The highest BCUT2D eigenvalue weighted by molar-refractivity contribution is 7.90. The first-order valence-electron chi connectivity index (χ1n) is 6.11. The Labute approximate surface area is 110 Å². The molecule has 102 valence electrons. The van der Waals surface area contributed by atoms with Crippen molar-refractivity contribution in [3.8, 4) is 0 Å². The van der Waals surface area contributed by atoms with Crippen molar-refractivity contribution in [2.24, 2.45) is 5.92 Å². The van der Waals surface area contributed by atoms with Crippen molar-refractivity contribution in [1.29, 1.82) is 0 Å². The van der Waals surface area contributed by atoms with Crippen LogP contribution in [0.5, 0.6) is 0 Å². The minimum atomic E-state index is -3.20. The molecule has 0 atom stereocenters. The molecule has 0 amide bonds. The molecule has 1 aliphatic heterocycles. The van der Waals surface area contributed by atoms with Gasteiger partial charge >= 0.3 is 0 Å². The molecule has 0 aliphatic carbocycles. The average molecular weight is 283 g/mol. The first-order valence-corrected chi connectivity index (χ1v) is 8.25. The molecule has 6 heteroatoms. The van der Waals surface area contributed by atoms with Gasteiger partial charge in [0.2, 0.25) is 10.0 Å². The lowest BCUT2D eigenvalue weighted by Crippen LogP contribution is -2.42. The minimum Gasteiger partial charge on any atom is -0.304 e. The van der Waals surface area contributed by atoms with Crippen molar-refractivity contribution >= 4 is 21.6 Å². The average Bonchev–Trinajstić information content (AvgIpc) is 2.29. The van der Waals surface area contributed by atoms with E-state index in [0.717, 1.165) is 19.4 Å². The third kappa shape index (κ3) is 4.39. The maximum absolute atomic E-state index is 11.6. The van der Waals surface area contributed by atoms with Crippen LogP contribution in [0.1, 0.15) is 26.7 Å². The van der Waals surface area contributed by atoms with Crippen LogP contribution in [0, 0.1) is 5.92 Å². The monoisotopic (exact) mass is 282 g/mol. The number of hydrogen-bond donors (Lipinski definition) is 0. The van der Waals surface area contributed by atoms with E-state index in [4.69, 9.17) is 11.6 Å². The minimum absolute atomic E-state index is 0.302. The van der Waals surface area contributed by atoms with Crippen LogP contribution in [0.3, 0.4) is 0 Å². The Balaban J connectivity index is 2.41. The number of alkyl halides is 1. The smallest absolute Gasteiger partial charge is 0.228 e. The van der Waals surface area contributed by atoms with Crippen LogP contribution in [0.25, 0.3) is 0 Å². The normalized spacial score (nSPS) is 20.4. The second-order valence-corrected chi connectivity index (χ2v) is 7.65. The lowest BCUT2D eigenvalue weighted by Gasteiger charge is -2.33. The predicted molar refractivity (Wildman–Crippen MR) is 71.7 cm³/mol. The molecular weight excluding hydrogens is 260 g/mol. The lowest BCUT2D eigenvalue weighted by molar-refractivity contribution is 0.182. The number of sulfonamides is 1. The molecule has 1 rings (SSSR count). The first kappa shape index (κ1) is 15.2. The van der Waals surface area contributed by atoms with Crippen molar-refractivity contribution in [2.45, 2.75) is 32.7 Å². The Kier molecular flexibility index (Phi) is 5.70. The molecular formula is C11H23ClN2O2S. The molecule has 0 unspecified atom stereocenters. The highest BCUT2D eigenvalue weighted by Gasteiger charge is 2.27. The summed E-state index contributed by atoms with van der Waals surface area (Å²) in [4.78, 5) is 2.32. The number of halogens is 1. The molecule has 0 aromatic heterocycles. The van der Waals surface area contributed by atoms with Gasteiger partial charge in [0, 0.05) is 25.7 Å². The third-order valence-electron chi connectivity index (χ3n) is 3.53. The SMILES string of the molecule is CC(C)N(C)CC1CCN(S(=O)(=O)CCl)CC1. The topological polar surface area (TPSA) is 40.6 Å². The molecule has 0 bridgehead atoms. The summed E-state index contributed by atoms with van der Waals surface area (Å²) in [5.41, 5.74) is 0. The molecule has 1 fully saturated rings. The third-order valence-corrected chi connectivity index (χ3v) is 5.79. The number of nitrogens with zero attached hydrogens (tertiary/aromatic N) is 2. The molecule has 17 heavy (non-hydrogen) atoms. The fourth-order valence-electron chi connectivity index (χ4n) is 2.06. The Morgan fingerprint density at radius 1 is 1.35 bits per heavy atom. The van der Waals surface area contributed by atoms with Gasteiger partial charge in [0.05, 0.1) is 0 Å². The van der Waals surface area contributed by atoms with Crippen LogP contribution in [-0.2, 0) is 10.0 Å². The van der Waals surface area contributed by atoms with E-state index in [1.165, 1.54) is 4.31 Å². The van der Waals surface area contributed by atoms with E-state index >= 15 is 0 Å². The van der Waals surface area contributed by atoms with Gasteiger partial charge in [-0.25, -0.2) is 12.7 Å². The van der Waals surface area contributed by atoms with Gasteiger partial charge in [0.25, 0.3) is 0 Å². The summed E-state index contributed by atoms with van der Waals surface area (Å²) < 4.78 is 24.7. The van der Waals surface area contributed by atoms with E-state index in [0.29, 0.717) is 25.0 Å². The van der Waals surface area contributed by atoms with Gasteiger partial charge in [-0.2, -0.15) is 0 Å². The Morgan fingerprint density at radius 2 is 1.88 bits per heavy atom. The first-order chi connectivity index (χ1) is 7.86. The molecule has 0 spiro atoms. The summed E-state index contributed by atoms with van der Waals surface area (Å²) in [6.45, 7) is 6.63. The Bertz CT molecular complexity index is 324. The van der Waals surface area contributed by atoms with E-state index in [1.807, 2.05) is 0 Å². The summed E-state index contributed by atoms with van der Waals surface area (Å²) >= 11 is 5.45. The highest BCUT2D eigenvalue weighted by atomic mass is 35.5. The van der Waals surface area contributed by atoms with Crippen molar-refractivity contribution in [3.63, 3.8) is 0 Å². The van der Waals surface area contributed by atoms with Crippen LogP contribution in [0.4, 0.5) is 0 Å². The van der Waals surface area contributed by atoms with E-state index in [-0.39, 0.29) is 5.21 Å². The standard InChI is InChI=1S/C11H23ClN2O2S/c1-10(2)13(3)8-11-4-6-14(7-5-11)17(15,16)9-12/h10-11H,4-9H2,1-3H3. The molecule has 1 aliphatic rings. The lowest BCUT2D eigenvalue weighted by atomic mass is 9.97. The van der Waals surface area contributed by atoms with Gasteiger partial charge in [-0.3, -0.25) is 0 Å². The number of hydrogen-bond acceptors (Lipinski definition) is 3. The molecule has 1 saturated heterocycles. The zero-order valence-corrected chi connectivity index (χ0v) is 12.5. The Morgan fingerprint density at radius 3 is 2.29 bits per heavy atom. The van der Waals surface area contributed by atoms with Gasteiger partial charge in [-0.05, 0) is 39.7 Å². The maximum Gasteiger partial charge on any atom is 0.228 e. The molecule has 0 N–H and O–H groups in total. The zero-order valence-electron chi connectivity index (χ0n) is 10.9. The van der Waals surface area contributed by atoms with Crippen LogP contribution >= 0.6 is 11.6 Å². The van der Waals surface area contributed by atoms with Crippen molar-refractivity contribution in [2.75, 3.05) is 31.9 Å². The summed E-state index contributed by atoms with van der Waals surface area (Å²) in [7, 11) is -1.09. The van der Waals surface area contributed by atoms with Gasteiger partial charge in [0.15, 0.2) is 0 Å². The van der Waals surface area contributed by atoms with E-state index < -0.39 is 10.0 Å². The second-order valence-electron chi connectivity index (χ2n) is 5.10. The van der Waals surface area contributed by atoms with Crippen molar-refractivity contribution in [1.82, 2.24) is 9.21 Å². The van der Waals surface area contributed by atoms with Gasteiger partial charge in [0.1, 0.15) is 5.21 Å². The van der Waals surface area contributed by atoms with Crippen molar-refractivity contribution in [3.05, 3.63) is 0 Å². The van der Waals surface area contributed by atoms with Crippen LogP contribution in [-0.4, -0.2) is 55.6 Å². The fourth-order valence-corrected chi connectivity index (χ4v) is 3.38. The van der Waals surface area contributed by atoms with Crippen LogP contribution in [0.15, 0.2) is 0 Å². The molecule has 0 aromatic rings. The summed E-state index contributed by atoms with van der Waals surface area (Å²) in [6.07, 6.45) is 1.88. The molecule has 0 saturated carbocycles. The predicted octanol–water partition coefficient (Wildman–Crippen LogP) is 1.56. The summed E-state index contributed by atoms with van der Waals surface area (Å²) in [5.74, 6) is 0.601. The molecule has 1 heterocycles. The van der Waals surface area contributed by atoms with E-state index in [2.05, 4.69) is 25.8 Å². The van der Waals surface area contributed by atoms with Crippen LogP contribution < -0.4 is 0 Å². The van der Waals surface area contributed by atoms with E-state index in [9.17, 15) is 8.42 Å². The molecule has 4 nitrogen and oxygen atoms in total.